The van der Waals surface area contributed by atoms with Crippen LogP contribution < -0.4 is 4.90 Å². The summed E-state index contributed by atoms with van der Waals surface area (Å²) in [6.07, 6.45) is 2.82. The number of fused-ring (bicyclic) bond motifs is 1. The molecule has 0 radical (unpaired) electrons. The van der Waals surface area contributed by atoms with Crippen LogP contribution in [0.5, 0.6) is 0 Å². The smallest absolute Gasteiger partial charge is 0.152 e. The van der Waals surface area contributed by atoms with Crippen molar-refractivity contribution in [1.82, 2.24) is 4.98 Å². The lowest BCUT2D eigenvalue weighted by atomic mass is 10.1. The fourth-order valence-corrected chi connectivity index (χ4v) is 3.19. The standard InChI is InChI=1S/C14H12BrClN2/c1-9-6-10-4-2-3-5-13(10)18(9)14-12(16)7-11(15)8-17-14/h2-5,7-9H,6H2,1H3. The normalized spacial score (nSPS) is 17.9. The number of aromatic nitrogens is 1. The topological polar surface area (TPSA) is 16.1 Å². The Bertz CT molecular complexity index is 600. The predicted molar refractivity (Wildman–Crippen MR) is 78.7 cm³/mol. The Balaban J connectivity index is 2.12. The molecule has 0 spiro atoms. The summed E-state index contributed by atoms with van der Waals surface area (Å²) in [4.78, 5) is 6.67. The van der Waals surface area contributed by atoms with Crippen LogP contribution in [0.25, 0.3) is 0 Å². The second kappa shape index (κ2) is 4.56. The maximum absolute atomic E-state index is 6.31. The molecule has 1 aliphatic heterocycles. The van der Waals surface area contributed by atoms with Gasteiger partial charge in [0.2, 0.25) is 0 Å². The lowest BCUT2D eigenvalue weighted by Gasteiger charge is -2.24. The molecule has 0 saturated carbocycles. The second-order valence-corrected chi connectivity index (χ2v) is 5.83. The van der Waals surface area contributed by atoms with E-state index in [0.29, 0.717) is 11.1 Å². The van der Waals surface area contributed by atoms with Crippen molar-refractivity contribution >= 4 is 39.0 Å². The van der Waals surface area contributed by atoms with Gasteiger partial charge in [-0.1, -0.05) is 29.8 Å². The van der Waals surface area contributed by atoms with E-state index in [2.05, 4.69) is 57.0 Å². The first-order chi connectivity index (χ1) is 8.66. The monoisotopic (exact) mass is 322 g/mol. The summed E-state index contributed by atoms with van der Waals surface area (Å²) < 4.78 is 0.899. The van der Waals surface area contributed by atoms with Crippen LogP contribution in [0.2, 0.25) is 5.02 Å². The molecule has 4 heteroatoms. The Morgan fingerprint density at radius 1 is 1.39 bits per heavy atom. The van der Waals surface area contributed by atoms with Crippen LogP contribution in [-0.2, 0) is 6.42 Å². The van der Waals surface area contributed by atoms with E-state index in [-0.39, 0.29) is 0 Å². The number of benzene rings is 1. The van der Waals surface area contributed by atoms with Crippen LogP contribution in [0.4, 0.5) is 11.5 Å². The van der Waals surface area contributed by atoms with Crippen molar-refractivity contribution in [2.24, 2.45) is 0 Å². The number of para-hydroxylation sites is 1. The molecule has 1 aromatic heterocycles. The molecule has 2 heterocycles. The molecule has 3 rings (SSSR count). The quantitative estimate of drug-likeness (QED) is 0.763. The van der Waals surface area contributed by atoms with E-state index < -0.39 is 0 Å². The van der Waals surface area contributed by atoms with E-state index in [1.807, 2.05) is 6.07 Å². The maximum atomic E-state index is 6.31. The summed E-state index contributed by atoms with van der Waals surface area (Å²) in [5.74, 6) is 0.831. The van der Waals surface area contributed by atoms with Gasteiger partial charge in [0, 0.05) is 22.4 Å². The third kappa shape index (κ3) is 1.91. The van der Waals surface area contributed by atoms with E-state index in [9.17, 15) is 0 Å². The molecule has 0 amide bonds. The highest BCUT2D eigenvalue weighted by Crippen LogP contribution is 2.40. The van der Waals surface area contributed by atoms with Crippen molar-refractivity contribution in [2.45, 2.75) is 19.4 Å². The van der Waals surface area contributed by atoms with Gasteiger partial charge in [0.25, 0.3) is 0 Å². The van der Waals surface area contributed by atoms with Crippen molar-refractivity contribution in [3.63, 3.8) is 0 Å². The molecule has 0 aliphatic carbocycles. The van der Waals surface area contributed by atoms with Gasteiger partial charge < -0.3 is 4.90 Å². The van der Waals surface area contributed by atoms with E-state index >= 15 is 0 Å². The summed E-state index contributed by atoms with van der Waals surface area (Å²) in [5.41, 5.74) is 2.56. The minimum absolute atomic E-state index is 0.383. The average molecular weight is 324 g/mol. The fourth-order valence-electron chi connectivity index (χ4n) is 2.47. The number of pyridine rings is 1. The highest BCUT2D eigenvalue weighted by Gasteiger charge is 2.28. The van der Waals surface area contributed by atoms with Crippen molar-refractivity contribution in [2.75, 3.05) is 4.90 Å². The zero-order valence-corrected chi connectivity index (χ0v) is 12.2. The minimum atomic E-state index is 0.383. The van der Waals surface area contributed by atoms with Crippen LogP contribution in [-0.4, -0.2) is 11.0 Å². The summed E-state index contributed by atoms with van der Waals surface area (Å²) in [6.45, 7) is 2.19. The van der Waals surface area contributed by atoms with Gasteiger partial charge in [-0.3, -0.25) is 0 Å². The molecule has 92 valence electrons. The van der Waals surface area contributed by atoms with Gasteiger partial charge in [-0.15, -0.1) is 0 Å². The van der Waals surface area contributed by atoms with Gasteiger partial charge in [0.15, 0.2) is 5.82 Å². The average Bonchev–Trinajstić information content (AvgIpc) is 2.66. The van der Waals surface area contributed by atoms with Gasteiger partial charge in [0.05, 0.1) is 5.02 Å². The van der Waals surface area contributed by atoms with E-state index in [1.165, 1.54) is 11.3 Å². The molecule has 0 N–H and O–H groups in total. The van der Waals surface area contributed by atoms with Gasteiger partial charge in [0.1, 0.15) is 0 Å². The van der Waals surface area contributed by atoms with Gasteiger partial charge >= 0.3 is 0 Å². The molecular formula is C14H12BrClN2. The lowest BCUT2D eigenvalue weighted by molar-refractivity contribution is 0.750. The number of anilines is 2. The van der Waals surface area contributed by atoms with Crippen molar-refractivity contribution in [1.29, 1.82) is 0 Å². The Morgan fingerprint density at radius 3 is 2.94 bits per heavy atom. The lowest BCUT2D eigenvalue weighted by Crippen LogP contribution is -2.25. The molecule has 1 aliphatic rings. The fraction of sp³-hybridized carbons (Fsp3) is 0.214. The van der Waals surface area contributed by atoms with E-state index in [4.69, 9.17) is 11.6 Å². The predicted octanol–water partition coefficient (Wildman–Crippen LogP) is 4.58. The molecule has 1 aromatic carbocycles. The zero-order valence-electron chi connectivity index (χ0n) is 9.90. The Labute approximate surface area is 120 Å². The SMILES string of the molecule is CC1Cc2ccccc2N1c1ncc(Br)cc1Cl. The highest BCUT2D eigenvalue weighted by molar-refractivity contribution is 9.10. The third-order valence-corrected chi connectivity index (χ3v) is 3.94. The van der Waals surface area contributed by atoms with Crippen LogP contribution >= 0.6 is 27.5 Å². The van der Waals surface area contributed by atoms with Gasteiger partial charge in [-0.05, 0) is 47.0 Å². The number of hydrogen-bond acceptors (Lipinski definition) is 2. The van der Waals surface area contributed by atoms with E-state index in [1.54, 1.807) is 6.20 Å². The third-order valence-electron chi connectivity index (χ3n) is 3.22. The summed E-state index contributed by atoms with van der Waals surface area (Å²) >= 11 is 9.69. The summed E-state index contributed by atoms with van der Waals surface area (Å²) in [6, 6.07) is 10.7. The molecule has 2 nitrogen and oxygen atoms in total. The summed E-state index contributed by atoms with van der Waals surface area (Å²) in [5, 5.41) is 0.674. The molecular weight excluding hydrogens is 312 g/mol. The van der Waals surface area contributed by atoms with Crippen LogP contribution in [0.3, 0.4) is 0 Å². The largest absolute Gasteiger partial charge is 0.322 e. The molecule has 0 bridgehead atoms. The number of halogens is 2. The molecule has 1 atom stereocenters. The number of hydrogen-bond donors (Lipinski definition) is 0. The first kappa shape index (κ1) is 12.0. The first-order valence-corrected chi connectivity index (χ1v) is 7.02. The molecule has 0 fully saturated rings. The Kier molecular flexibility index (Phi) is 3.04. The van der Waals surface area contributed by atoms with Crippen LogP contribution in [0.1, 0.15) is 12.5 Å². The van der Waals surface area contributed by atoms with Crippen LogP contribution in [0, 0.1) is 0 Å². The Morgan fingerprint density at radius 2 is 2.17 bits per heavy atom. The number of nitrogens with zero attached hydrogens (tertiary/aromatic N) is 2. The molecule has 1 unspecified atom stereocenters. The molecule has 18 heavy (non-hydrogen) atoms. The van der Waals surface area contributed by atoms with Crippen molar-refractivity contribution < 1.29 is 0 Å². The minimum Gasteiger partial charge on any atom is -0.322 e. The second-order valence-electron chi connectivity index (χ2n) is 4.51. The first-order valence-electron chi connectivity index (χ1n) is 5.85. The summed E-state index contributed by atoms with van der Waals surface area (Å²) in [7, 11) is 0. The number of rotatable bonds is 1. The van der Waals surface area contributed by atoms with E-state index in [0.717, 1.165) is 16.7 Å². The molecule has 0 saturated heterocycles. The van der Waals surface area contributed by atoms with Gasteiger partial charge in [-0.2, -0.15) is 0 Å². The van der Waals surface area contributed by atoms with Crippen molar-refractivity contribution in [3.8, 4) is 0 Å². The van der Waals surface area contributed by atoms with Gasteiger partial charge in [-0.25, -0.2) is 4.98 Å². The van der Waals surface area contributed by atoms with Crippen molar-refractivity contribution in [3.05, 3.63) is 51.6 Å². The maximum Gasteiger partial charge on any atom is 0.152 e. The Hall–Kier alpha value is -1.06. The highest BCUT2D eigenvalue weighted by atomic mass is 79.9. The zero-order chi connectivity index (χ0) is 12.7. The van der Waals surface area contributed by atoms with Crippen LogP contribution in [0.15, 0.2) is 41.0 Å². The molecule has 2 aromatic rings.